The number of aromatic hydroxyl groups is 1. The number of aliphatic hydroxyl groups is 3. The number of aliphatic hydroxyl groups excluding tert-OH is 2. The zero-order chi connectivity index (χ0) is 30.0. The fraction of sp³-hybridized carbons (Fsp3) is 0.333. The second-order valence-electron chi connectivity index (χ2n) is 11.0. The van der Waals surface area contributed by atoms with Crippen molar-refractivity contribution in [1.82, 2.24) is 9.88 Å². The zero-order valence-electron chi connectivity index (χ0n) is 23.0. The van der Waals surface area contributed by atoms with Gasteiger partial charge in [0.05, 0.1) is 17.2 Å². The second kappa shape index (κ2) is 9.76. The molecule has 41 heavy (non-hydrogen) atoms. The van der Waals surface area contributed by atoms with Crippen LogP contribution in [0.3, 0.4) is 0 Å². The van der Waals surface area contributed by atoms with Crippen molar-refractivity contribution in [3.8, 4) is 17.6 Å². The Bertz CT molecular complexity index is 1630. The van der Waals surface area contributed by atoms with Crippen LogP contribution in [0.2, 0.25) is 0 Å². The molecular weight excluding hydrogens is 528 g/mol. The van der Waals surface area contributed by atoms with E-state index in [4.69, 9.17) is 5.73 Å². The van der Waals surface area contributed by atoms with E-state index in [-0.39, 0.29) is 35.3 Å². The average Bonchev–Trinajstić information content (AvgIpc) is 2.90. The van der Waals surface area contributed by atoms with Crippen LogP contribution in [0.1, 0.15) is 28.7 Å². The number of nitrogens with two attached hydrogens (primary N) is 1. The molecule has 0 saturated heterocycles. The number of pyridine rings is 1. The number of phenolic OH excluding ortho intramolecular Hbond substituents is 1. The smallest absolute Gasteiger partial charge is 0.255 e. The minimum absolute atomic E-state index is 0.0111. The number of anilines is 1. The van der Waals surface area contributed by atoms with Gasteiger partial charge in [0.2, 0.25) is 5.78 Å². The molecule has 1 fully saturated rings. The molecule has 1 aromatic heterocycles. The van der Waals surface area contributed by atoms with Crippen molar-refractivity contribution in [2.75, 3.05) is 33.1 Å². The number of aromatic nitrogens is 1. The SMILES string of the molecule is CN(C)c1cc(C#Cc2cccnc2)c(O)c2c1C[C@H]1C[C@@H]3[C@@H](N(C)C)C(=O)C(C(N)=O)=C(O)[C@]3(O)C(=O)C1=C2O. The molecule has 11 nitrogen and oxygen atoms in total. The Balaban J connectivity index is 1.73. The Morgan fingerprint density at radius 2 is 1.85 bits per heavy atom. The number of Topliss-reactive ketones (excluding diaryl/α,β-unsaturated/α-hetero) is 2. The Morgan fingerprint density at radius 1 is 1.15 bits per heavy atom. The standard InChI is InChI=1S/C30H30N4O7/c1-33(2)19-12-15(8-7-14-6-5-9-32-13-14)24(35)21-17(19)10-16-11-18-23(34(3)4)26(37)22(29(31)40)28(39)30(18,41)27(38)20(16)25(21)36/h5-6,9,12-13,16,18,23,35-36,39,41H,10-11H2,1-4H3,(H2,31,40)/t16-,18+,23+,30+/m0/s1. The number of rotatable bonds is 3. The van der Waals surface area contributed by atoms with Crippen molar-refractivity contribution in [3.63, 3.8) is 0 Å². The number of hydrogen-bond donors (Lipinski definition) is 5. The highest BCUT2D eigenvalue weighted by molar-refractivity contribution is 6.24. The Kier molecular flexibility index (Phi) is 6.64. The highest BCUT2D eigenvalue weighted by atomic mass is 16.3. The number of amides is 1. The van der Waals surface area contributed by atoms with Crippen molar-refractivity contribution in [2.45, 2.75) is 24.5 Å². The molecule has 2 aromatic rings. The van der Waals surface area contributed by atoms with Gasteiger partial charge in [-0.05, 0) is 56.6 Å². The Morgan fingerprint density at radius 3 is 2.44 bits per heavy atom. The summed E-state index contributed by atoms with van der Waals surface area (Å²) in [5, 5.41) is 45.6. The third-order valence-corrected chi connectivity index (χ3v) is 8.18. The summed E-state index contributed by atoms with van der Waals surface area (Å²) in [5.74, 6) is -1.14. The van der Waals surface area contributed by atoms with Gasteiger partial charge in [-0.25, -0.2) is 0 Å². The van der Waals surface area contributed by atoms with E-state index in [1.807, 2.05) is 0 Å². The van der Waals surface area contributed by atoms with Gasteiger partial charge in [0, 0.05) is 49.2 Å². The molecule has 0 unspecified atom stereocenters. The molecule has 0 spiro atoms. The van der Waals surface area contributed by atoms with E-state index in [1.54, 1.807) is 63.7 Å². The minimum atomic E-state index is -2.69. The lowest BCUT2D eigenvalue weighted by molar-refractivity contribution is -0.153. The van der Waals surface area contributed by atoms with Gasteiger partial charge in [-0.3, -0.25) is 24.3 Å². The largest absolute Gasteiger partial charge is 0.508 e. The number of ketones is 2. The monoisotopic (exact) mass is 558 g/mol. The summed E-state index contributed by atoms with van der Waals surface area (Å²) in [6.07, 6.45) is 3.37. The fourth-order valence-electron chi connectivity index (χ4n) is 6.36. The molecule has 212 valence electrons. The molecule has 1 amide bonds. The van der Waals surface area contributed by atoms with Crippen LogP contribution in [-0.4, -0.2) is 87.6 Å². The van der Waals surface area contributed by atoms with E-state index in [9.17, 15) is 34.8 Å². The lowest BCUT2D eigenvalue weighted by Crippen LogP contribution is -2.65. The van der Waals surface area contributed by atoms with Crippen LogP contribution in [0.15, 0.2) is 47.5 Å². The fourth-order valence-corrected chi connectivity index (χ4v) is 6.36. The number of likely N-dealkylation sites (N-methyl/N-ethyl adjacent to an activating group) is 1. The first-order chi connectivity index (χ1) is 19.3. The maximum Gasteiger partial charge on any atom is 0.255 e. The van der Waals surface area contributed by atoms with E-state index < -0.39 is 58.0 Å². The molecule has 3 aliphatic carbocycles. The van der Waals surface area contributed by atoms with Gasteiger partial charge in [0.25, 0.3) is 5.91 Å². The Labute approximate surface area is 236 Å². The van der Waals surface area contributed by atoms with E-state index in [0.29, 0.717) is 16.8 Å². The maximum atomic E-state index is 14.0. The number of benzene rings is 1. The third-order valence-electron chi connectivity index (χ3n) is 8.18. The summed E-state index contributed by atoms with van der Waals surface area (Å²) >= 11 is 0. The molecule has 0 bridgehead atoms. The van der Waals surface area contributed by atoms with Crippen LogP contribution < -0.4 is 10.6 Å². The predicted molar refractivity (Wildman–Crippen MR) is 149 cm³/mol. The lowest BCUT2D eigenvalue weighted by atomic mass is 9.57. The summed E-state index contributed by atoms with van der Waals surface area (Å²) in [4.78, 5) is 46.7. The maximum absolute atomic E-state index is 14.0. The average molecular weight is 559 g/mol. The summed E-state index contributed by atoms with van der Waals surface area (Å²) in [5.41, 5.74) is 3.61. The number of primary amides is 1. The highest BCUT2D eigenvalue weighted by Crippen LogP contribution is 2.54. The second-order valence-corrected chi connectivity index (χ2v) is 11.0. The number of hydrogen-bond acceptors (Lipinski definition) is 10. The van der Waals surface area contributed by atoms with Gasteiger partial charge < -0.3 is 31.1 Å². The van der Waals surface area contributed by atoms with Crippen LogP contribution in [0.25, 0.3) is 5.76 Å². The van der Waals surface area contributed by atoms with Gasteiger partial charge in [0.1, 0.15) is 22.8 Å². The molecule has 4 atom stereocenters. The number of fused-ring (bicyclic) bond motifs is 3. The van der Waals surface area contributed by atoms with Crippen molar-refractivity contribution in [3.05, 3.63) is 69.8 Å². The van der Waals surface area contributed by atoms with Gasteiger partial charge in [-0.2, -0.15) is 0 Å². The van der Waals surface area contributed by atoms with Crippen LogP contribution in [-0.2, 0) is 20.8 Å². The van der Waals surface area contributed by atoms with Gasteiger partial charge in [0.15, 0.2) is 11.4 Å². The molecule has 11 heteroatoms. The molecule has 5 rings (SSSR count). The van der Waals surface area contributed by atoms with Crippen molar-refractivity contribution in [2.24, 2.45) is 17.6 Å². The predicted octanol–water partition coefficient (Wildman–Crippen LogP) is 0.825. The molecule has 3 aliphatic rings. The van der Waals surface area contributed by atoms with Gasteiger partial charge in [-0.1, -0.05) is 11.8 Å². The van der Waals surface area contributed by atoms with Crippen molar-refractivity contribution >= 4 is 28.9 Å². The Hall–Kier alpha value is -4.66. The summed E-state index contributed by atoms with van der Waals surface area (Å²) in [6.45, 7) is 0. The summed E-state index contributed by atoms with van der Waals surface area (Å²) in [7, 11) is 6.71. The van der Waals surface area contributed by atoms with Crippen molar-refractivity contribution < 1.29 is 34.8 Å². The molecule has 0 radical (unpaired) electrons. The number of phenols is 1. The first kappa shape index (κ1) is 27.9. The number of nitrogens with zero attached hydrogens (tertiary/aromatic N) is 3. The van der Waals surface area contributed by atoms with Crippen LogP contribution in [0.4, 0.5) is 5.69 Å². The first-order valence-corrected chi connectivity index (χ1v) is 12.9. The summed E-state index contributed by atoms with van der Waals surface area (Å²) in [6, 6.07) is 4.02. The molecule has 1 saturated carbocycles. The van der Waals surface area contributed by atoms with Crippen molar-refractivity contribution in [1.29, 1.82) is 0 Å². The van der Waals surface area contributed by atoms with Crippen LogP contribution in [0, 0.1) is 23.7 Å². The number of carbonyl (C=O) groups is 3. The molecule has 6 N–H and O–H groups in total. The third kappa shape index (κ3) is 4.06. The highest BCUT2D eigenvalue weighted by Gasteiger charge is 2.64. The topological polar surface area (TPSA) is 178 Å². The zero-order valence-corrected chi connectivity index (χ0v) is 23.0. The van der Waals surface area contributed by atoms with Gasteiger partial charge >= 0.3 is 0 Å². The minimum Gasteiger partial charge on any atom is -0.508 e. The lowest BCUT2D eigenvalue weighted by Gasteiger charge is -2.50. The molecule has 1 heterocycles. The molecule has 0 aliphatic heterocycles. The van der Waals surface area contributed by atoms with E-state index >= 15 is 0 Å². The first-order valence-electron chi connectivity index (χ1n) is 12.9. The van der Waals surface area contributed by atoms with E-state index in [1.165, 1.54) is 4.90 Å². The van der Waals surface area contributed by atoms with Crippen LogP contribution in [0.5, 0.6) is 5.75 Å². The van der Waals surface area contributed by atoms with E-state index in [0.717, 1.165) is 0 Å². The van der Waals surface area contributed by atoms with Gasteiger partial charge in [-0.15, -0.1) is 0 Å². The van der Waals surface area contributed by atoms with Crippen LogP contribution >= 0.6 is 0 Å². The normalized spacial score (nSPS) is 25.3. The summed E-state index contributed by atoms with van der Waals surface area (Å²) < 4.78 is 0. The molecular formula is C30H30N4O7. The quantitative estimate of drug-likeness (QED) is 0.268. The van der Waals surface area contributed by atoms with E-state index in [2.05, 4.69) is 16.8 Å². The molecule has 1 aromatic carbocycles. The number of carbonyl (C=O) groups excluding carboxylic acids is 3.